The van der Waals surface area contributed by atoms with Crippen molar-refractivity contribution < 1.29 is 23.0 Å². The first kappa shape index (κ1) is 11.0. The van der Waals surface area contributed by atoms with Gasteiger partial charge in [0.05, 0.1) is 13.2 Å². The third-order valence-corrected chi connectivity index (χ3v) is 0.896. The fraction of sp³-hybridized carbons (Fsp3) is 0.571. The lowest BCUT2D eigenvalue weighted by atomic mass is 10.6. The van der Waals surface area contributed by atoms with Crippen LogP contribution in [0.4, 0.5) is 8.78 Å². The van der Waals surface area contributed by atoms with Crippen LogP contribution in [0.25, 0.3) is 0 Å². The predicted octanol–water partition coefficient (Wildman–Crippen LogP) is 1.34. The van der Waals surface area contributed by atoms with Gasteiger partial charge in [-0.2, -0.15) is 8.78 Å². The molecule has 0 aliphatic rings. The van der Waals surface area contributed by atoms with Crippen LogP contribution in [-0.2, 0) is 14.3 Å². The molecule has 70 valence electrons. The molecule has 3 nitrogen and oxygen atoms in total. The molecule has 0 bridgehead atoms. The Morgan fingerprint density at radius 1 is 1.67 bits per heavy atom. The van der Waals surface area contributed by atoms with Gasteiger partial charge in [0.1, 0.15) is 0 Å². The molecule has 0 saturated heterocycles. The van der Waals surface area contributed by atoms with Crippen LogP contribution >= 0.6 is 0 Å². The first-order chi connectivity index (χ1) is 5.54. The number of hydrogen-bond acceptors (Lipinski definition) is 3. The van der Waals surface area contributed by atoms with Crippen LogP contribution in [0.5, 0.6) is 0 Å². The molecule has 0 fully saturated rings. The van der Waals surface area contributed by atoms with Crippen molar-refractivity contribution in [2.45, 2.75) is 13.0 Å². The largest absolute Gasteiger partial charge is 0.460 e. The van der Waals surface area contributed by atoms with Crippen molar-refractivity contribution in [3.63, 3.8) is 0 Å². The van der Waals surface area contributed by atoms with E-state index in [9.17, 15) is 13.6 Å². The zero-order valence-electron chi connectivity index (χ0n) is 6.68. The minimum absolute atomic E-state index is 0.105. The summed E-state index contributed by atoms with van der Waals surface area (Å²) in [6.07, 6.45) is -2.75. The molecule has 0 aliphatic heterocycles. The quantitative estimate of drug-likeness (QED) is 0.473. The molecule has 0 saturated carbocycles. The summed E-state index contributed by atoms with van der Waals surface area (Å²) in [5.41, 5.74) is 0. The number of ether oxygens (including phenoxy) is 2. The molecule has 0 rings (SSSR count). The van der Waals surface area contributed by atoms with Crippen molar-refractivity contribution in [1.82, 2.24) is 0 Å². The summed E-state index contributed by atoms with van der Waals surface area (Å²) < 4.78 is 32.8. The Hall–Kier alpha value is -0.970. The van der Waals surface area contributed by atoms with Gasteiger partial charge in [-0.15, -0.1) is 6.58 Å². The summed E-state index contributed by atoms with van der Waals surface area (Å²) in [4.78, 5) is 10.4. The Bertz CT molecular complexity index is 168. The van der Waals surface area contributed by atoms with E-state index in [1.165, 1.54) is 6.92 Å². The number of esters is 1. The van der Waals surface area contributed by atoms with E-state index in [2.05, 4.69) is 16.1 Å². The maximum atomic E-state index is 12.4. The minimum Gasteiger partial charge on any atom is -0.460 e. The molecule has 0 unspecified atom stereocenters. The maximum Gasteiger partial charge on any atom is 0.456 e. The molecule has 0 radical (unpaired) electrons. The van der Waals surface area contributed by atoms with Crippen molar-refractivity contribution >= 4 is 5.97 Å². The van der Waals surface area contributed by atoms with E-state index < -0.39 is 18.7 Å². The molecule has 0 amide bonds. The summed E-state index contributed by atoms with van der Waals surface area (Å²) >= 11 is 0. The second-order valence-electron chi connectivity index (χ2n) is 1.84. The van der Waals surface area contributed by atoms with Crippen molar-refractivity contribution in [3.05, 3.63) is 12.7 Å². The molecular weight excluding hydrogens is 170 g/mol. The standard InChI is InChI=1S/C7H10F2O3/c1-3-5-12-7(8,9)6(10)11-4-2/h3H,1,4-5H2,2H3. The fourth-order valence-corrected chi connectivity index (χ4v) is 0.438. The van der Waals surface area contributed by atoms with E-state index in [4.69, 9.17) is 0 Å². The van der Waals surface area contributed by atoms with Crippen LogP contribution in [0.1, 0.15) is 6.92 Å². The summed E-state index contributed by atoms with van der Waals surface area (Å²) in [5, 5.41) is 0. The van der Waals surface area contributed by atoms with E-state index in [0.717, 1.165) is 6.08 Å². The predicted molar refractivity (Wildman–Crippen MR) is 37.7 cm³/mol. The van der Waals surface area contributed by atoms with E-state index in [1.807, 2.05) is 0 Å². The van der Waals surface area contributed by atoms with Crippen LogP contribution < -0.4 is 0 Å². The van der Waals surface area contributed by atoms with Gasteiger partial charge in [-0.1, -0.05) is 6.08 Å². The average molecular weight is 180 g/mol. The Morgan fingerprint density at radius 3 is 2.67 bits per heavy atom. The Morgan fingerprint density at radius 2 is 2.25 bits per heavy atom. The highest BCUT2D eigenvalue weighted by atomic mass is 19.3. The molecule has 0 aromatic carbocycles. The van der Waals surface area contributed by atoms with Crippen molar-refractivity contribution in [2.75, 3.05) is 13.2 Å². The van der Waals surface area contributed by atoms with Crippen molar-refractivity contribution in [3.8, 4) is 0 Å². The molecular formula is C7H10F2O3. The van der Waals surface area contributed by atoms with Gasteiger partial charge in [-0.05, 0) is 6.92 Å². The van der Waals surface area contributed by atoms with Crippen molar-refractivity contribution in [2.24, 2.45) is 0 Å². The van der Waals surface area contributed by atoms with E-state index in [-0.39, 0.29) is 6.61 Å². The lowest BCUT2D eigenvalue weighted by Crippen LogP contribution is -2.33. The van der Waals surface area contributed by atoms with Crippen molar-refractivity contribution in [1.29, 1.82) is 0 Å². The Kier molecular flexibility index (Phi) is 4.43. The first-order valence-electron chi connectivity index (χ1n) is 3.34. The van der Waals surface area contributed by atoms with Gasteiger partial charge in [0.15, 0.2) is 0 Å². The summed E-state index contributed by atoms with van der Waals surface area (Å²) in [5.74, 6) is -1.67. The number of carbonyl (C=O) groups is 1. The van der Waals surface area contributed by atoms with E-state index in [0.29, 0.717) is 0 Å². The van der Waals surface area contributed by atoms with Crippen LogP contribution in [0.3, 0.4) is 0 Å². The second-order valence-corrected chi connectivity index (χ2v) is 1.84. The van der Waals surface area contributed by atoms with Gasteiger partial charge in [0.25, 0.3) is 0 Å². The lowest BCUT2D eigenvalue weighted by molar-refractivity contribution is -0.245. The summed E-state index contributed by atoms with van der Waals surface area (Å²) in [6.45, 7) is 4.09. The molecule has 0 heterocycles. The average Bonchev–Trinajstić information content (AvgIpc) is 2.01. The van der Waals surface area contributed by atoms with E-state index in [1.54, 1.807) is 0 Å². The van der Waals surface area contributed by atoms with Gasteiger partial charge in [-0.25, -0.2) is 4.79 Å². The van der Waals surface area contributed by atoms with Gasteiger partial charge >= 0.3 is 12.1 Å². The second kappa shape index (κ2) is 4.82. The molecule has 0 aliphatic carbocycles. The van der Waals surface area contributed by atoms with Gasteiger partial charge in [0.2, 0.25) is 0 Å². The molecule has 0 aromatic heterocycles. The highest BCUT2D eigenvalue weighted by Gasteiger charge is 2.41. The minimum atomic E-state index is -3.87. The molecule has 0 spiro atoms. The van der Waals surface area contributed by atoms with Crippen LogP contribution in [0.15, 0.2) is 12.7 Å². The summed E-state index contributed by atoms with van der Waals surface area (Å²) in [6, 6.07) is 0. The Balaban J connectivity index is 3.98. The number of hydrogen-bond donors (Lipinski definition) is 0. The highest BCUT2D eigenvalue weighted by Crippen LogP contribution is 2.16. The van der Waals surface area contributed by atoms with E-state index >= 15 is 0 Å². The zero-order valence-corrected chi connectivity index (χ0v) is 6.68. The third kappa shape index (κ3) is 3.43. The van der Waals surface area contributed by atoms with Crippen LogP contribution in [0.2, 0.25) is 0 Å². The zero-order chi connectivity index (χ0) is 9.61. The van der Waals surface area contributed by atoms with Crippen LogP contribution in [-0.4, -0.2) is 25.3 Å². The third-order valence-electron chi connectivity index (χ3n) is 0.896. The van der Waals surface area contributed by atoms with Gasteiger partial charge < -0.3 is 9.47 Å². The van der Waals surface area contributed by atoms with Gasteiger partial charge in [0, 0.05) is 0 Å². The molecule has 0 atom stereocenters. The number of alkyl halides is 2. The number of rotatable bonds is 5. The number of carbonyl (C=O) groups excluding carboxylic acids is 1. The summed E-state index contributed by atoms with van der Waals surface area (Å²) in [7, 11) is 0. The molecule has 0 aromatic rings. The smallest absolute Gasteiger partial charge is 0.456 e. The lowest BCUT2D eigenvalue weighted by Gasteiger charge is -2.13. The topological polar surface area (TPSA) is 35.5 Å². The molecule has 5 heteroatoms. The van der Waals surface area contributed by atoms with Crippen LogP contribution in [0, 0.1) is 0 Å². The molecule has 12 heavy (non-hydrogen) atoms. The first-order valence-corrected chi connectivity index (χ1v) is 3.34. The highest BCUT2D eigenvalue weighted by molar-refractivity contribution is 5.75. The number of halogens is 2. The normalized spacial score (nSPS) is 10.9. The molecule has 0 N–H and O–H groups in total. The monoisotopic (exact) mass is 180 g/mol. The Labute approximate surface area is 69.0 Å². The maximum absolute atomic E-state index is 12.4. The SMILES string of the molecule is C=CCOC(F)(F)C(=O)OCC. The van der Waals surface area contributed by atoms with Gasteiger partial charge in [-0.3, -0.25) is 0 Å². The fourth-order valence-electron chi connectivity index (χ4n) is 0.438.